The second-order valence-corrected chi connectivity index (χ2v) is 7.31. The number of carboxylic acid groups (broad SMARTS) is 1. The van der Waals surface area contributed by atoms with Crippen molar-refractivity contribution in [1.29, 1.82) is 0 Å². The Morgan fingerprint density at radius 2 is 1.71 bits per heavy atom. The van der Waals surface area contributed by atoms with Crippen LogP contribution in [0.1, 0.15) is 41.5 Å². The van der Waals surface area contributed by atoms with E-state index < -0.39 is 11.9 Å². The summed E-state index contributed by atoms with van der Waals surface area (Å²) >= 11 is 0. The van der Waals surface area contributed by atoms with Crippen molar-refractivity contribution in [2.24, 2.45) is 11.8 Å². The number of aryl methyl sites for hydroxylation is 1. The summed E-state index contributed by atoms with van der Waals surface area (Å²) in [5, 5.41) is 31.4. The minimum atomic E-state index is -0.878. The first-order valence-electron chi connectivity index (χ1n) is 9.30. The summed E-state index contributed by atoms with van der Waals surface area (Å²) < 4.78 is 10.5. The summed E-state index contributed by atoms with van der Waals surface area (Å²) in [7, 11) is 2.78. The number of hydrogen-bond donors (Lipinski definition) is 3. The molecule has 0 aromatic heterocycles. The van der Waals surface area contributed by atoms with Crippen LogP contribution in [0.3, 0.4) is 0 Å². The van der Waals surface area contributed by atoms with Crippen LogP contribution in [0.2, 0.25) is 0 Å². The van der Waals surface area contributed by atoms with Gasteiger partial charge in [0.15, 0.2) is 11.5 Å². The number of aliphatic carboxylic acids is 1. The molecule has 3 N–H and O–H groups in total. The number of hydrogen-bond acceptors (Lipinski definition) is 5. The summed E-state index contributed by atoms with van der Waals surface area (Å²) in [5.74, 6) is -2.26. The molecule has 3 rings (SSSR count). The van der Waals surface area contributed by atoms with Crippen molar-refractivity contribution in [2.75, 3.05) is 14.2 Å². The van der Waals surface area contributed by atoms with E-state index in [-0.39, 0.29) is 34.8 Å². The second-order valence-electron chi connectivity index (χ2n) is 7.31. The van der Waals surface area contributed by atoms with E-state index in [1.54, 1.807) is 13.8 Å². The molecule has 0 fully saturated rings. The van der Waals surface area contributed by atoms with Crippen molar-refractivity contribution in [2.45, 2.75) is 32.6 Å². The Hall–Kier alpha value is -2.89. The van der Waals surface area contributed by atoms with Gasteiger partial charge in [0.1, 0.15) is 0 Å². The zero-order valence-electron chi connectivity index (χ0n) is 16.5. The highest BCUT2D eigenvalue weighted by atomic mass is 16.5. The number of carbonyl (C=O) groups is 1. The molecule has 1 aliphatic carbocycles. The molecule has 28 heavy (non-hydrogen) atoms. The van der Waals surface area contributed by atoms with Gasteiger partial charge in [-0.3, -0.25) is 4.79 Å². The number of fused-ring (bicyclic) bond motifs is 1. The SMILES string of the molecule is COc1c(O)c(C)c([C@H]2c3ccccc3CCC2[C@@H](C)C(=O)O)c(O)c1OC. The number of rotatable bonds is 5. The monoisotopic (exact) mass is 386 g/mol. The summed E-state index contributed by atoms with van der Waals surface area (Å²) in [4.78, 5) is 11.8. The minimum absolute atomic E-state index is 0.0467. The lowest BCUT2D eigenvalue weighted by atomic mass is 9.66. The molecular weight excluding hydrogens is 360 g/mol. The van der Waals surface area contributed by atoms with Crippen LogP contribution >= 0.6 is 0 Å². The van der Waals surface area contributed by atoms with Gasteiger partial charge in [0, 0.05) is 17.0 Å². The molecule has 1 aliphatic rings. The molecular formula is C22H26O6. The van der Waals surface area contributed by atoms with E-state index >= 15 is 0 Å². The third-order valence-corrected chi connectivity index (χ3v) is 5.97. The Morgan fingerprint density at radius 1 is 1.11 bits per heavy atom. The number of phenols is 2. The fourth-order valence-electron chi connectivity index (χ4n) is 4.45. The van der Waals surface area contributed by atoms with Crippen molar-refractivity contribution in [1.82, 2.24) is 0 Å². The van der Waals surface area contributed by atoms with Crippen LogP contribution in [0.4, 0.5) is 0 Å². The van der Waals surface area contributed by atoms with Gasteiger partial charge in [-0.05, 0) is 36.8 Å². The first kappa shape index (κ1) is 19.9. The van der Waals surface area contributed by atoms with Crippen LogP contribution in [0.25, 0.3) is 0 Å². The predicted molar refractivity (Wildman–Crippen MR) is 105 cm³/mol. The third-order valence-electron chi connectivity index (χ3n) is 5.97. The molecule has 0 bridgehead atoms. The Bertz CT molecular complexity index is 904. The van der Waals surface area contributed by atoms with Crippen LogP contribution in [-0.4, -0.2) is 35.5 Å². The van der Waals surface area contributed by atoms with E-state index in [2.05, 4.69) is 0 Å². The average Bonchev–Trinajstić information content (AvgIpc) is 2.69. The molecule has 0 radical (unpaired) electrons. The second kappa shape index (κ2) is 7.62. The van der Waals surface area contributed by atoms with Crippen LogP contribution in [-0.2, 0) is 11.2 Å². The highest BCUT2D eigenvalue weighted by Gasteiger charge is 2.40. The van der Waals surface area contributed by atoms with Crippen molar-refractivity contribution < 1.29 is 29.6 Å². The highest BCUT2D eigenvalue weighted by molar-refractivity contribution is 5.72. The molecule has 0 saturated heterocycles. The highest BCUT2D eigenvalue weighted by Crippen LogP contribution is 2.55. The first-order valence-corrected chi connectivity index (χ1v) is 9.30. The molecule has 2 aromatic carbocycles. The molecule has 0 heterocycles. The lowest BCUT2D eigenvalue weighted by molar-refractivity contribution is -0.143. The Labute approximate surface area is 164 Å². The maximum atomic E-state index is 11.8. The van der Waals surface area contributed by atoms with Crippen LogP contribution < -0.4 is 9.47 Å². The van der Waals surface area contributed by atoms with E-state index in [0.717, 1.165) is 17.5 Å². The van der Waals surface area contributed by atoms with Gasteiger partial charge in [-0.2, -0.15) is 0 Å². The van der Waals surface area contributed by atoms with Crippen LogP contribution in [0, 0.1) is 18.8 Å². The quantitative estimate of drug-likeness (QED) is 0.676. The number of ether oxygens (including phenoxy) is 2. The standard InChI is InChI=1S/C22H26O6/c1-11(22(25)26)14-10-9-13-7-5-6-8-15(13)17(14)16-12(2)18(23)20(27-3)21(28-4)19(16)24/h5-8,11,14,17,23-24H,9-10H2,1-4H3,(H,25,26)/t11-,14?,17-/m1/s1. The third kappa shape index (κ3) is 3.03. The first-order chi connectivity index (χ1) is 13.3. The summed E-state index contributed by atoms with van der Waals surface area (Å²) in [5.41, 5.74) is 3.03. The fourth-order valence-corrected chi connectivity index (χ4v) is 4.45. The predicted octanol–water partition coefficient (Wildman–Crippen LogP) is 3.84. The number of aromatic hydroxyl groups is 2. The molecule has 0 saturated carbocycles. The Morgan fingerprint density at radius 3 is 2.32 bits per heavy atom. The van der Waals surface area contributed by atoms with E-state index in [4.69, 9.17) is 9.47 Å². The van der Waals surface area contributed by atoms with Gasteiger partial charge in [-0.1, -0.05) is 31.2 Å². The van der Waals surface area contributed by atoms with E-state index in [9.17, 15) is 20.1 Å². The summed E-state index contributed by atoms with van der Waals surface area (Å²) in [6.07, 6.45) is 1.44. The average molecular weight is 386 g/mol. The van der Waals surface area contributed by atoms with Gasteiger partial charge < -0.3 is 24.8 Å². The van der Waals surface area contributed by atoms with E-state index in [1.807, 2.05) is 24.3 Å². The number of methoxy groups -OCH3 is 2. The lowest BCUT2D eigenvalue weighted by Crippen LogP contribution is -2.31. The topological polar surface area (TPSA) is 96.2 Å². The zero-order chi connectivity index (χ0) is 20.6. The summed E-state index contributed by atoms with van der Waals surface area (Å²) in [6, 6.07) is 7.85. The van der Waals surface area contributed by atoms with Crippen molar-refractivity contribution in [3.8, 4) is 23.0 Å². The number of carboxylic acids is 1. The molecule has 0 spiro atoms. The summed E-state index contributed by atoms with van der Waals surface area (Å²) in [6.45, 7) is 3.40. The van der Waals surface area contributed by atoms with Gasteiger partial charge in [-0.15, -0.1) is 0 Å². The Balaban J connectivity index is 2.32. The van der Waals surface area contributed by atoms with Gasteiger partial charge in [-0.25, -0.2) is 0 Å². The molecule has 0 amide bonds. The Kier molecular flexibility index (Phi) is 5.40. The molecule has 150 valence electrons. The zero-order valence-corrected chi connectivity index (χ0v) is 16.5. The van der Waals surface area contributed by atoms with E-state index in [1.165, 1.54) is 14.2 Å². The van der Waals surface area contributed by atoms with Gasteiger partial charge >= 0.3 is 5.97 Å². The molecule has 2 aromatic rings. The maximum Gasteiger partial charge on any atom is 0.306 e. The molecule has 6 heteroatoms. The molecule has 0 aliphatic heterocycles. The fraction of sp³-hybridized carbons (Fsp3) is 0.409. The van der Waals surface area contributed by atoms with E-state index in [0.29, 0.717) is 17.5 Å². The van der Waals surface area contributed by atoms with Gasteiger partial charge in [0.25, 0.3) is 0 Å². The van der Waals surface area contributed by atoms with Crippen molar-refractivity contribution in [3.63, 3.8) is 0 Å². The normalized spacial score (nSPS) is 19.6. The van der Waals surface area contributed by atoms with Crippen molar-refractivity contribution in [3.05, 3.63) is 46.5 Å². The minimum Gasteiger partial charge on any atom is -0.504 e. The largest absolute Gasteiger partial charge is 0.504 e. The molecule has 1 unspecified atom stereocenters. The van der Waals surface area contributed by atoms with Gasteiger partial charge in [0.2, 0.25) is 11.5 Å². The number of phenolic OH excluding ortho intramolecular Hbond substituents is 2. The number of benzene rings is 2. The molecule has 3 atom stereocenters. The lowest BCUT2D eigenvalue weighted by Gasteiger charge is -2.37. The van der Waals surface area contributed by atoms with Gasteiger partial charge in [0.05, 0.1) is 20.1 Å². The smallest absolute Gasteiger partial charge is 0.306 e. The van der Waals surface area contributed by atoms with Crippen LogP contribution in [0.15, 0.2) is 24.3 Å². The molecule has 6 nitrogen and oxygen atoms in total. The van der Waals surface area contributed by atoms with Crippen molar-refractivity contribution >= 4 is 5.97 Å². The maximum absolute atomic E-state index is 11.8. The van der Waals surface area contributed by atoms with Crippen LogP contribution in [0.5, 0.6) is 23.0 Å².